The van der Waals surface area contributed by atoms with E-state index >= 15 is 0 Å². The zero-order chi connectivity index (χ0) is 11.7. The van der Waals surface area contributed by atoms with Crippen molar-refractivity contribution in [2.45, 2.75) is 0 Å². The molecule has 78 valence electrons. The molecule has 16 heavy (non-hydrogen) atoms. The molecule has 0 saturated heterocycles. The molecule has 0 aliphatic heterocycles. The molecule has 0 aliphatic rings. The Kier molecular flexibility index (Phi) is 2.18. The second-order valence-corrected chi connectivity index (χ2v) is 3.19. The van der Waals surface area contributed by atoms with Crippen molar-refractivity contribution in [3.63, 3.8) is 0 Å². The van der Waals surface area contributed by atoms with Crippen LogP contribution in [0.3, 0.4) is 0 Å². The molecule has 0 amide bonds. The first-order chi connectivity index (χ1) is 7.63. The number of benzene rings is 1. The Labute approximate surface area is 89.2 Å². The highest BCUT2D eigenvalue weighted by molar-refractivity contribution is 5.89. The minimum Gasteiger partial charge on any atom is -0.507 e. The molecule has 0 fully saturated rings. The monoisotopic (exact) mass is 214 g/mol. The SMILES string of the molecule is N#Cc1cccc2[nH]c(=O)c(=O)cc(O)c12. The van der Waals surface area contributed by atoms with E-state index in [9.17, 15) is 14.7 Å². The van der Waals surface area contributed by atoms with Gasteiger partial charge in [-0.25, -0.2) is 0 Å². The van der Waals surface area contributed by atoms with Crippen LogP contribution in [0.2, 0.25) is 0 Å². The van der Waals surface area contributed by atoms with Gasteiger partial charge in [0.25, 0.3) is 5.56 Å². The van der Waals surface area contributed by atoms with Crippen molar-refractivity contribution in [1.82, 2.24) is 4.98 Å². The van der Waals surface area contributed by atoms with Crippen molar-refractivity contribution in [2.75, 3.05) is 0 Å². The number of rotatable bonds is 0. The Morgan fingerprint density at radius 3 is 2.75 bits per heavy atom. The number of aromatic hydroxyl groups is 1. The fourth-order valence-electron chi connectivity index (χ4n) is 1.47. The van der Waals surface area contributed by atoms with Crippen LogP contribution in [0.5, 0.6) is 5.75 Å². The average Bonchev–Trinajstić information content (AvgIpc) is 2.37. The smallest absolute Gasteiger partial charge is 0.296 e. The van der Waals surface area contributed by atoms with Crippen LogP contribution in [0.25, 0.3) is 10.9 Å². The Bertz CT molecular complexity index is 726. The van der Waals surface area contributed by atoms with Crippen LogP contribution >= 0.6 is 0 Å². The first kappa shape index (κ1) is 9.93. The molecule has 0 bridgehead atoms. The molecule has 0 spiro atoms. The van der Waals surface area contributed by atoms with Crippen molar-refractivity contribution < 1.29 is 5.11 Å². The normalized spacial score (nSPS) is 9.94. The number of hydrogen-bond acceptors (Lipinski definition) is 4. The van der Waals surface area contributed by atoms with Gasteiger partial charge in [-0.05, 0) is 12.1 Å². The lowest BCUT2D eigenvalue weighted by Gasteiger charge is -1.96. The highest BCUT2D eigenvalue weighted by Crippen LogP contribution is 2.22. The summed E-state index contributed by atoms with van der Waals surface area (Å²) in [5, 5.41) is 18.7. The molecule has 0 aliphatic carbocycles. The van der Waals surface area contributed by atoms with Crippen LogP contribution in [0.1, 0.15) is 5.56 Å². The van der Waals surface area contributed by atoms with Crippen LogP contribution in [0.15, 0.2) is 33.9 Å². The van der Waals surface area contributed by atoms with E-state index < -0.39 is 11.0 Å². The number of aromatic amines is 1. The lowest BCUT2D eigenvalue weighted by molar-refractivity contribution is 0.481. The predicted molar refractivity (Wildman–Crippen MR) is 57.2 cm³/mol. The predicted octanol–water partition coefficient (Wildman–Crippen LogP) is 0.466. The van der Waals surface area contributed by atoms with E-state index in [0.717, 1.165) is 6.07 Å². The third kappa shape index (κ3) is 1.42. The van der Waals surface area contributed by atoms with E-state index in [1.54, 1.807) is 6.07 Å². The zero-order valence-electron chi connectivity index (χ0n) is 8.02. The van der Waals surface area contributed by atoms with Crippen molar-refractivity contribution in [2.24, 2.45) is 0 Å². The molecule has 5 heteroatoms. The summed E-state index contributed by atoms with van der Waals surface area (Å²) >= 11 is 0. The lowest BCUT2D eigenvalue weighted by Crippen LogP contribution is -2.22. The Balaban J connectivity index is 3.18. The lowest BCUT2D eigenvalue weighted by atomic mass is 10.1. The Morgan fingerprint density at radius 2 is 2.06 bits per heavy atom. The summed E-state index contributed by atoms with van der Waals surface area (Å²) in [7, 11) is 0. The van der Waals surface area contributed by atoms with Crippen molar-refractivity contribution in [3.8, 4) is 11.8 Å². The van der Waals surface area contributed by atoms with Gasteiger partial charge in [-0.3, -0.25) is 9.59 Å². The Morgan fingerprint density at radius 1 is 1.31 bits per heavy atom. The number of nitrogens with zero attached hydrogens (tertiary/aromatic N) is 1. The molecule has 5 nitrogen and oxygen atoms in total. The van der Waals surface area contributed by atoms with Gasteiger partial charge in [-0.2, -0.15) is 5.26 Å². The molecule has 2 aromatic rings. The van der Waals surface area contributed by atoms with Crippen molar-refractivity contribution >= 4 is 10.9 Å². The number of H-pyrrole nitrogens is 1. The van der Waals surface area contributed by atoms with Gasteiger partial charge in [0, 0.05) is 6.07 Å². The maximum Gasteiger partial charge on any atom is 0.296 e. The van der Waals surface area contributed by atoms with E-state index in [4.69, 9.17) is 5.26 Å². The van der Waals surface area contributed by atoms with E-state index in [2.05, 4.69) is 4.98 Å². The molecular formula is C11H6N2O3. The van der Waals surface area contributed by atoms with Crippen molar-refractivity contribution in [3.05, 3.63) is 50.4 Å². The van der Waals surface area contributed by atoms with Gasteiger partial charge >= 0.3 is 0 Å². The van der Waals surface area contributed by atoms with E-state index in [1.165, 1.54) is 12.1 Å². The molecule has 1 heterocycles. The second-order valence-electron chi connectivity index (χ2n) is 3.19. The number of fused-ring (bicyclic) bond motifs is 1. The van der Waals surface area contributed by atoms with Gasteiger partial charge in [-0.15, -0.1) is 0 Å². The van der Waals surface area contributed by atoms with Crippen LogP contribution in [-0.2, 0) is 0 Å². The summed E-state index contributed by atoms with van der Waals surface area (Å²) < 4.78 is 0. The molecule has 1 aromatic heterocycles. The standard InChI is InChI=1S/C11H6N2O3/c12-5-6-2-1-3-7-10(6)8(14)4-9(15)11(16)13-7/h1-4,14H,(H,13,15,16). The minimum atomic E-state index is -0.849. The largest absolute Gasteiger partial charge is 0.507 e. The van der Waals surface area contributed by atoms with Crippen LogP contribution in [0, 0.1) is 11.3 Å². The summed E-state index contributed by atoms with van der Waals surface area (Å²) in [6, 6.07) is 7.24. The van der Waals surface area contributed by atoms with Crippen molar-refractivity contribution in [1.29, 1.82) is 5.26 Å². The number of aromatic nitrogens is 1. The molecule has 2 N–H and O–H groups in total. The van der Waals surface area contributed by atoms with E-state index in [-0.39, 0.29) is 22.2 Å². The highest BCUT2D eigenvalue weighted by Gasteiger charge is 2.06. The van der Waals surface area contributed by atoms with E-state index in [0.29, 0.717) is 0 Å². The topological polar surface area (TPSA) is 94.0 Å². The third-order valence-electron chi connectivity index (χ3n) is 2.18. The van der Waals surface area contributed by atoms with Crippen LogP contribution < -0.4 is 11.0 Å². The summed E-state index contributed by atoms with van der Waals surface area (Å²) in [6.45, 7) is 0. The summed E-state index contributed by atoms with van der Waals surface area (Å²) in [4.78, 5) is 24.7. The van der Waals surface area contributed by atoms with Gasteiger partial charge in [0.2, 0.25) is 5.43 Å². The van der Waals surface area contributed by atoms with Gasteiger partial charge in [-0.1, -0.05) is 6.07 Å². The fourth-order valence-corrected chi connectivity index (χ4v) is 1.47. The van der Waals surface area contributed by atoms with E-state index in [1.807, 2.05) is 6.07 Å². The number of nitriles is 1. The molecule has 0 saturated carbocycles. The maximum atomic E-state index is 11.2. The molecule has 0 unspecified atom stereocenters. The first-order valence-corrected chi connectivity index (χ1v) is 4.43. The quantitative estimate of drug-likeness (QED) is 0.623. The van der Waals surface area contributed by atoms with Crippen LogP contribution in [-0.4, -0.2) is 10.1 Å². The molecule has 1 aromatic carbocycles. The number of hydrogen-bond donors (Lipinski definition) is 2. The third-order valence-corrected chi connectivity index (χ3v) is 2.18. The van der Waals surface area contributed by atoms with Gasteiger partial charge in [0.15, 0.2) is 0 Å². The molecule has 2 rings (SSSR count). The van der Waals surface area contributed by atoms with Crippen LogP contribution in [0.4, 0.5) is 0 Å². The molecule has 0 radical (unpaired) electrons. The minimum absolute atomic E-state index is 0.171. The second kappa shape index (κ2) is 3.51. The average molecular weight is 214 g/mol. The summed E-state index contributed by atoms with van der Waals surface area (Å²) in [5.41, 5.74) is -1.23. The van der Waals surface area contributed by atoms with Gasteiger partial charge < -0.3 is 10.1 Å². The maximum absolute atomic E-state index is 11.2. The fraction of sp³-hybridized carbons (Fsp3) is 0. The molecular weight excluding hydrogens is 208 g/mol. The first-order valence-electron chi connectivity index (χ1n) is 4.43. The molecule has 0 atom stereocenters. The summed E-state index contributed by atoms with van der Waals surface area (Å²) in [5.74, 6) is -0.379. The summed E-state index contributed by atoms with van der Waals surface area (Å²) in [6.07, 6.45) is 0. The van der Waals surface area contributed by atoms with Gasteiger partial charge in [0.1, 0.15) is 5.75 Å². The highest BCUT2D eigenvalue weighted by atomic mass is 16.3. The zero-order valence-corrected chi connectivity index (χ0v) is 8.02. The Hall–Kier alpha value is -2.61. The number of nitrogens with one attached hydrogen (secondary N) is 1. The van der Waals surface area contributed by atoms with Gasteiger partial charge in [0.05, 0.1) is 22.5 Å².